The van der Waals surface area contributed by atoms with E-state index < -0.39 is 32.4 Å². The number of unbranched alkanes of at least 4 members (excludes halogenated alkanes) is 15. The molecule has 0 fully saturated rings. The van der Waals surface area contributed by atoms with Crippen molar-refractivity contribution in [1.29, 1.82) is 0 Å². The van der Waals surface area contributed by atoms with Crippen LogP contribution < -0.4 is 0 Å². The number of phosphoric ester groups is 1. The zero-order valence-electron chi connectivity index (χ0n) is 24.1. The minimum atomic E-state index is -4.58. The number of quaternary nitrogens is 1. The number of hydrogen-bond acceptors (Lipinski definition) is 7. The number of Topliss-reactive ketones (excluding diaryl/α,β-unsaturated/α-hetero) is 1. The molecule has 0 radical (unpaired) electrons. The molecule has 2 unspecified atom stereocenters. The van der Waals surface area contributed by atoms with Gasteiger partial charge >= 0.3 is 7.82 Å². The molecule has 0 rings (SSSR count). The highest BCUT2D eigenvalue weighted by atomic mass is 31.2. The largest absolute Gasteiger partial charge is 0.473 e. The number of aliphatic hydroxyl groups excluding tert-OH is 1. The molecule has 3 atom stereocenters. The second kappa shape index (κ2) is 22.4. The number of nitrogens with zero attached hydrogens (tertiary/aromatic N) is 1. The van der Waals surface area contributed by atoms with Gasteiger partial charge in [-0.25, -0.2) is 9.45 Å². The van der Waals surface area contributed by atoms with Gasteiger partial charge in [-0.3, -0.25) is 19.1 Å². The third kappa shape index (κ3) is 22.2. The Morgan fingerprint density at radius 1 is 0.811 bits per heavy atom. The first-order valence-electron chi connectivity index (χ1n) is 14.5. The lowest BCUT2D eigenvalue weighted by molar-refractivity contribution is -0.870. The van der Waals surface area contributed by atoms with Crippen LogP contribution in [0, 0.1) is 0 Å². The molecule has 37 heavy (non-hydrogen) atoms. The lowest BCUT2D eigenvalue weighted by Gasteiger charge is -2.26. The first kappa shape index (κ1) is 36.6. The van der Waals surface area contributed by atoms with Crippen molar-refractivity contribution < 1.29 is 43.0 Å². The quantitative estimate of drug-likeness (QED) is 0.0357. The fourth-order valence-electron chi connectivity index (χ4n) is 4.11. The van der Waals surface area contributed by atoms with Gasteiger partial charge in [0.2, 0.25) is 0 Å². The fourth-order valence-corrected chi connectivity index (χ4v) is 5.03. The Hall–Kier alpha value is -0.380. The van der Waals surface area contributed by atoms with Gasteiger partial charge in [0.25, 0.3) is 0 Å². The van der Waals surface area contributed by atoms with Crippen molar-refractivity contribution in [3.05, 3.63) is 0 Å². The highest BCUT2D eigenvalue weighted by Gasteiger charge is 2.37. The van der Waals surface area contributed by atoms with E-state index in [2.05, 4.69) is 11.8 Å². The van der Waals surface area contributed by atoms with E-state index in [9.17, 15) is 19.4 Å². The van der Waals surface area contributed by atoms with Crippen molar-refractivity contribution in [1.82, 2.24) is 0 Å². The number of carbonyl (C=O) groups excluding carboxylic acids is 1. The van der Waals surface area contributed by atoms with E-state index in [-0.39, 0.29) is 13.0 Å². The maximum Gasteiger partial charge on any atom is 0.473 e. The van der Waals surface area contributed by atoms with Crippen LogP contribution in [0.2, 0.25) is 0 Å². The van der Waals surface area contributed by atoms with Crippen molar-refractivity contribution in [2.24, 2.45) is 0 Å². The third-order valence-corrected chi connectivity index (χ3v) is 7.51. The van der Waals surface area contributed by atoms with Gasteiger partial charge in [0.15, 0.2) is 11.9 Å². The van der Waals surface area contributed by atoms with Gasteiger partial charge in [0.1, 0.15) is 19.3 Å². The normalized spacial score (nSPS) is 15.4. The monoisotopic (exact) mass is 554 g/mol. The van der Waals surface area contributed by atoms with E-state index in [4.69, 9.17) is 14.3 Å². The third-order valence-electron chi connectivity index (χ3n) is 6.51. The first-order chi connectivity index (χ1) is 17.6. The molecule has 10 heteroatoms. The van der Waals surface area contributed by atoms with Crippen molar-refractivity contribution >= 4 is 13.6 Å². The topological polar surface area (TPSA) is 123 Å². The van der Waals surface area contributed by atoms with Crippen molar-refractivity contribution in [2.45, 2.75) is 128 Å². The summed E-state index contributed by atoms with van der Waals surface area (Å²) in [4.78, 5) is 26.8. The van der Waals surface area contributed by atoms with Crippen LogP contribution in [0.3, 0.4) is 0 Å². The molecule has 0 aliphatic heterocycles. The van der Waals surface area contributed by atoms with Crippen LogP contribution in [0.15, 0.2) is 0 Å². The average Bonchev–Trinajstić information content (AvgIpc) is 2.82. The molecule has 0 aromatic heterocycles. The Bertz CT molecular complexity index is 595. The Balaban J connectivity index is 4.06. The number of aliphatic hydroxyl groups is 1. The summed E-state index contributed by atoms with van der Waals surface area (Å²) in [5, 5.41) is 18.4. The smallest absolute Gasteiger partial charge is 0.393 e. The molecule has 0 aliphatic carbocycles. The molecular formula is C27H57NO8P+. The Morgan fingerprint density at radius 2 is 1.24 bits per heavy atom. The van der Waals surface area contributed by atoms with Crippen LogP contribution in [-0.4, -0.2) is 78.6 Å². The van der Waals surface area contributed by atoms with Gasteiger partial charge in [0.05, 0.1) is 27.7 Å². The Kier molecular flexibility index (Phi) is 22.2. The molecule has 0 aromatic carbocycles. The molecule has 0 bridgehead atoms. The lowest BCUT2D eigenvalue weighted by Crippen LogP contribution is -2.40. The number of rotatable bonds is 27. The molecule has 222 valence electrons. The van der Waals surface area contributed by atoms with Gasteiger partial charge in [-0.2, -0.15) is 0 Å². The van der Waals surface area contributed by atoms with E-state index in [0.29, 0.717) is 17.4 Å². The maximum absolute atomic E-state index is 12.6. The van der Waals surface area contributed by atoms with E-state index in [0.717, 1.165) is 19.3 Å². The van der Waals surface area contributed by atoms with Crippen molar-refractivity contribution in [3.8, 4) is 0 Å². The minimum Gasteiger partial charge on any atom is -0.393 e. The number of carbonyl (C=O) groups is 1. The number of likely N-dealkylation sites (N-methyl/N-ethyl adjacent to an activating group) is 1. The average molecular weight is 555 g/mol. The molecule has 3 N–H and O–H groups in total. The first-order valence-corrected chi connectivity index (χ1v) is 16.0. The van der Waals surface area contributed by atoms with Gasteiger partial charge in [0, 0.05) is 6.42 Å². The Morgan fingerprint density at radius 3 is 1.62 bits per heavy atom. The van der Waals surface area contributed by atoms with Crippen LogP contribution in [-0.2, 0) is 23.3 Å². The summed E-state index contributed by atoms with van der Waals surface area (Å²) in [5.41, 5.74) is 0. The summed E-state index contributed by atoms with van der Waals surface area (Å²) >= 11 is 0. The predicted molar refractivity (Wildman–Crippen MR) is 147 cm³/mol. The molecule has 0 saturated carbocycles. The summed E-state index contributed by atoms with van der Waals surface area (Å²) < 4.78 is 22.8. The van der Waals surface area contributed by atoms with E-state index >= 15 is 0 Å². The summed E-state index contributed by atoms with van der Waals surface area (Å²) in [6.45, 7) is 1.90. The second-order valence-electron chi connectivity index (χ2n) is 11.2. The SMILES string of the molecule is CCCCCCCCCCCCCCCCCCC(=O)C(OP(=O)(O)OCC[N+](C)(C)C)[C@H](CO)OO. The van der Waals surface area contributed by atoms with Crippen LogP contribution >= 0.6 is 7.82 Å². The summed E-state index contributed by atoms with van der Waals surface area (Å²) in [7, 11) is 1.13. The molecule has 9 nitrogen and oxygen atoms in total. The van der Waals surface area contributed by atoms with Crippen LogP contribution in [0.5, 0.6) is 0 Å². The molecular weight excluding hydrogens is 497 g/mol. The molecule has 0 heterocycles. The standard InChI is InChI=1S/C27H56NO8P/c1-5-6-7-8-9-10-11-12-13-14-15-16-17-18-19-20-21-25(30)27(26(24-29)35-31)36-37(32,33)34-23-22-28(2,3)4/h26-27,29H,5-24H2,1-4H3,(H-,31,32,33)/p+1/t26-,27?/m0/s1. The van der Waals surface area contributed by atoms with Crippen molar-refractivity contribution in [3.63, 3.8) is 0 Å². The van der Waals surface area contributed by atoms with E-state index in [1.54, 1.807) is 0 Å². The number of ketones is 1. The maximum atomic E-state index is 12.6. The molecule has 0 amide bonds. The summed E-state index contributed by atoms with van der Waals surface area (Å²) in [6, 6.07) is 0. The van der Waals surface area contributed by atoms with Gasteiger partial charge in [-0.15, -0.1) is 0 Å². The molecule has 0 saturated heterocycles. The molecule has 0 spiro atoms. The predicted octanol–water partition coefficient (Wildman–Crippen LogP) is 6.27. The van der Waals surface area contributed by atoms with Crippen molar-refractivity contribution in [2.75, 3.05) is 40.9 Å². The number of phosphoric acid groups is 1. The minimum absolute atomic E-state index is 0.0545. The molecule has 0 aliphatic rings. The Labute approximate surface area is 226 Å². The van der Waals surface area contributed by atoms with Gasteiger partial charge in [-0.1, -0.05) is 103 Å². The second-order valence-corrected chi connectivity index (χ2v) is 12.6. The fraction of sp³-hybridized carbons (Fsp3) is 0.963. The van der Waals surface area contributed by atoms with Crippen LogP contribution in [0.4, 0.5) is 0 Å². The lowest BCUT2D eigenvalue weighted by atomic mass is 10.0. The van der Waals surface area contributed by atoms with Crippen LogP contribution in [0.1, 0.15) is 116 Å². The van der Waals surface area contributed by atoms with Gasteiger partial charge < -0.3 is 14.5 Å². The number of hydrogen-bond donors (Lipinski definition) is 3. The summed E-state index contributed by atoms with van der Waals surface area (Å²) in [6.07, 6.45) is 16.6. The zero-order chi connectivity index (χ0) is 28.0. The van der Waals surface area contributed by atoms with E-state index in [1.807, 2.05) is 21.1 Å². The highest BCUT2D eigenvalue weighted by molar-refractivity contribution is 7.47. The van der Waals surface area contributed by atoms with Gasteiger partial charge in [-0.05, 0) is 6.42 Å². The zero-order valence-corrected chi connectivity index (χ0v) is 25.0. The van der Waals surface area contributed by atoms with E-state index in [1.165, 1.54) is 77.0 Å². The van der Waals surface area contributed by atoms with Crippen LogP contribution in [0.25, 0.3) is 0 Å². The summed E-state index contributed by atoms with van der Waals surface area (Å²) in [5.74, 6) is -0.511. The molecule has 0 aromatic rings. The highest BCUT2D eigenvalue weighted by Crippen LogP contribution is 2.45.